The summed E-state index contributed by atoms with van der Waals surface area (Å²) in [4.78, 5) is 2.46. The molecule has 0 aromatic heterocycles. The topological polar surface area (TPSA) is 61.8 Å². The molecule has 0 aromatic carbocycles. The van der Waals surface area contributed by atoms with Crippen molar-refractivity contribution < 1.29 is 5.21 Å². The van der Waals surface area contributed by atoms with Crippen LogP contribution in [0, 0.1) is 11.8 Å². The number of nitrogens with two attached hydrogens (primary N) is 1. The molecular weight excluding hydrogens is 238 g/mol. The maximum Gasteiger partial charge on any atom is 0.140 e. The largest absolute Gasteiger partial charge is 0.409 e. The van der Waals surface area contributed by atoms with E-state index in [1.165, 1.54) is 25.7 Å². The molecule has 4 nitrogen and oxygen atoms in total. The summed E-state index contributed by atoms with van der Waals surface area (Å²) in [6.45, 7) is 12.1. The lowest BCUT2D eigenvalue weighted by Crippen LogP contribution is -2.35. The van der Waals surface area contributed by atoms with Gasteiger partial charge in [-0.3, -0.25) is 0 Å². The molecule has 0 fully saturated rings. The zero-order valence-electron chi connectivity index (χ0n) is 13.2. The van der Waals surface area contributed by atoms with Crippen LogP contribution in [-0.4, -0.2) is 35.6 Å². The minimum absolute atomic E-state index is 0.329. The molecule has 0 saturated carbocycles. The van der Waals surface area contributed by atoms with Crippen molar-refractivity contribution >= 4 is 5.84 Å². The molecule has 3 N–H and O–H groups in total. The van der Waals surface area contributed by atoms with E-state index < -0.39 is 0 Å². The van der Waals surface area contributed by atoms with Crippen molar-refractivity contribution in [3.05, 3.63) is 0 Å². The van der Waals surface area contributed by atoms with Crippen LogP contribution in [0.2, 0.25) is 0 Å². The van der Waals surface area contributed by atoms with Gasteiger partial charge >= 0.3 is 0 Å². The summed E-state index contributed by atoms with van der Waals surface area (Å²) in [5.74, 6) is 1.75. The Labute approximate surface area is 119 Å². The Balaban J connectivity index is 4.30. The first-order valence-electron chi connectivity index (χ1n) is 7.72. The van der Waals surface area contributed by atoms with Crippen molar-refractivity contribution in [1.29, 1.82) is 0 Å². The molecule has 1 unspecified atom stereocenters. The molecule has 0 bridgehead atoms. The average Bonchev–Trinajstić information content (AvgIpc) is 2.39. The molecule has 0 spiro atoms. The van der Waals surface area contributed by atoms with E-state index in [1.54, 1.807) is 0 Å². The first kappa shape index (κ1) is 18.2. The van der Waals surface area contributed by atoms with Gasteiger partial charge in [0.25, 0.3) is 0 Å². The van der Waals surface area contributed by atoms with Crippen LogP contribution in [0.1, 0.15) is 59.8 Å². The smallest absolute Gasteiger partial charge is 0.140 e. The lowest BCUT2D eigenvalue weighted by molar-refractivity contribution is 0.202. The highest BCUT2D eigenvalue weighted by atomic mass is 16.4. The van der Waals surface area contributed by atoms with E-state index in [-0.39, 0.29) is 0 Å². The second kappa shape index (κ2) is 11.1. The fourth-order valence-corrected chi connectivity index (χ4v) is 2.38. The van der Waals surface area contributed by atoms with E-state index in [1.807, 2.05) is 0 Å². The molecule has 0 rings (SSSR count). The lowest BCUT2D eigenvalue weighted by atomic mass is 9.98. The van der Waals surface area contributed by atoms with Crippen LogP contribution in [0.3, 0.4) is 0 Å². The van der Waals surface area contributed by atoms with Crippen LogP contribution in [-0.2, 0) is 0 Å². The zero-order chi connectivity index (χ0) is 14.7. The Kier molecular flexibility index (Phi) is 10.6. The highest BCUT2D eigenvalue weighted by Crippen LogP contribution is 2.15. The van der Waals surface area contributed by atoms with E-state index >= 15 is 0 Å². The Morgan fingerprint density at radius 2 is 1.95 bits per heavy atom. The first-order valence-corrected chi connectivity index (χ1v) is 7.72. The Morgan fingerprint density at radius 1 is 1.26 bits per heavy atom. The van der Waals surface area contributed by atoms with Gasteiger partial charge < -0.3 is 15.8 Å². The fourth-order valence-electron chi connectivity index (χ4n) is 2.38. The Bertz CT molecular complexity index is 242. The summed E-state index contributed by atoms with van der Waals surface area (Å²) in [6, 6.07) is 0. The SMILES string of the molecule is CCCCC(CC)CN(CCC(N)=NO)CC(C)C. The lowest BCUT2D eigenvalue weighted by Gasteiger charge is -2.28. The summed E-state index contributed by atoms with van der Waals surface area (Å²) in [5.41, 5.74) is 5.57. The molecule has 0 aliphatic rings. The minimum atomic E-state index is 0.329. The van der Waals surface area contributed by atoms with Gasteiger partial charge in [-0.25, -0.2) is 0 Å². The zero-order valence-corrected chi connectivity index (χ0v) is 13.2. The van der Waals surface area contributed by atoms with E-state index in [2.05, 4.69) is 37.8 Å². The molecule has 4 heteroatoms. The molecular formula is C15H33N3O. The number of amidine groups is 1. The molecule has 0 aliphatic heterocycles. The van der Waals surface area contributed by atoms with E-state index in [4.69, 9.17) is 10.9 Å². The van der Waals surface area contributed by atoms with E-state index in [9.17, 15) is 0 Å². The predicted molar refractivity (Wildman–Crippen MR) is 82.6 cm³/mol. The number of oxime groups is 1. The highest BCUT2D eigenvalue weighted by Gasteiger charge is 2.14. The van der Waals surface area contributed by atoms with Gasteiger partial charge in [0.2, 0.25) is 0 Å². The van der Waals surface area contributed by atoms with Crippen LogP contribution in [0.15, 0.2) is 5.16 Å². The summed E-state index contributed by atoms with van der Waals surface area (Å²) >= 11 is 0. The minimum Gasteiger partial charge on any atom is -0.409 e. The van der Waals surface area contributed by atoms with Crippen molar-refractivity contribution in [3.63, 3.8) is 0 Å². The van der Waals surface area contributed by atoms with Crippen LogP contribution in [0.25, 0.3) is 0 Å². The number of hydrogen-bond acceptors (Lipinski definition) is 3. The number of hydrogen-bond donors (Lipinski definition) is 2. The predicted octanol–water partition coefficient (Wildman–Crippen LogP) is 3.30. The molecule has 0 aliphatic carbocycles. The third kappa shape index (κ3) is 9.77. The average molecular weight is 271 g/mol. The highest BCUT2D eigenvalue weighted by molar-refractivity contribution is 5.79. The van der Waals surface area contributed by atoms with E-state index in [0.717, 1.165) is 25.6 Å². The molecule has 1 atom stereocenters. The van der Waals surface area contributed by atoms with Crippen LogP contribution in [0.5, 0.6) is 0 Å². The summed E-state index contributed by atoms with van der Waals surface area (Å²) in [5, 5.41) is 11.7. The van der Waals surface area contributed by atoms with Gasteiger partial charge in [-0.05, 0) is 18.3 Å². The van der Waals surface area contributed by atoms with Gasteiger partial charge in [0, 0.05) is 26.1 Å². The second-order valence-corrected chi connectivity index (χ2v) is 5.91. The summed E-state index contributed by atoms with van der Waals surface area (Å²) in [7, 11) is 0. The van der Waals surface area contributed by atoms with Crippen molar-refractivity contribution in [2.75, 3.05) is 19.6 Å². The van der Waals surface area contributed by atoms with Crippen LogP contribution >= 0.6 is 0 Å². The summed E-state index contributed by atoms with van der Waals surface area (Å²) < 4.78 is 0. The molecule has 0 amide bonds. The number of rotatable bonds is 11. The third-order valence-corrected chi connectivity index (χ3v) is 3.50. The van der Waals surface area contributed by atoms with Crippen LogP contribution in [0.4, 0.5) is 0 Å². The van der Waals surface area contributed by atoms with Crippen molar-refractivity contribution in [1.82, 2.24) is 4.90 Å². The van der Waals surface area contributed by atoms with Gasteiger partial charge in [0.1, 0.15) is 5.84 Å². The molecule has 114 valence electrons. The summed E-state index contributed by atoms with van der Waals surface area (Å²) in [6.07, 6.45) is 5.77. The Hall–Kier alpha value is -0.770. The monoisotopic (exact) mass is 271 g/mol. The van der Waals surface area contributed by atoms with Crippen LogP contribution < -0.4 is 5.73 Å². The normalized spacial score (nSPS) is 14.3. The Morgan fingerprint density at radius 3 is 2.42 bits per heavy atom. The first-order chi connectivity index (χ1) is 9.03. The van der Waals surface area contributed by atoms with Crippen molar-refractivity contribution in [3.8, 4) is 0 Å². The van der Waals surface area contributed by atoms with E-state index in [0.29, 0.717) is 18.2 Å². The number of nitrogens with zero attached hydrogens (tertiary/aromatic N) is 2. The van der Waals surface area contributed by atoms with Gasteiger partial charge in [0.15, 0.2) is 0 Å². The quantitative estimate of drug-likeness (QED) is 0.262. The third-order valence-electron chi connectivity index (χ3n) is 3.50. The van der Waals surface area contributed by atoms with Gasteiger partial charge in [0.05, 0.1) is 0 Å². The number of unbranched alkanes of at least 4 members (excludes halogenated alkanes) is 1. The maximum atomic E-state index is 8.62. The molecule has 19 heavy (non-hydrogen) atoms. The molecule has 0 heterocycles. The molecule has 0 radical (unpaired) electrons. The molecule has 0 saturated heterocycles. The maximum absolute atomic E-state index is 8.62. The molecule has 0 aromatic rings. The van der Waals surface area contributed by atoms with Gasteiger partial charge in [-0.2, -0.15) is 0 Å². The van der Waals surface area contributed by atoms with Gasteiger partial charge in [-0.15, -0.1) is 0 Å². The fraction of sp³-hybridized carbons (Fsp3) is 0.933. The van der Waals surface area contributed by atoms with Crippen molar-refractivity contribution in [2.24, 2.45) is 22.7 Å². The van der Waals surface area contributed by atoms with Crippen molar-refractivity contribution in [2.45, 2.75) is 59.8 Å². The van der Waals surface area contributed by atoms with Gasteiger partial charge in [-0.1, -0.05) is 52.1 Å². The second-order valence-electron chi connectivity index (χ2n) is 5.91. The standard InChI is InChI=1S/C15H33N3O/c1-5-7-8-14(6-2)12-18(11-13(3)4)10-9-15(16)17-19/h13-14,19H,5-12H2,1-4H3,(H2,16,17).